The van der Waals surface area contributed by atoms with E-state index >= 15 is 0 Å². The number of benzene rings is 9. The maximum absolute atomic E-state index is 2.49. The molecule has 0 saturated heterocycles. The fraction of sp³-hybridized carbons (Fsp3) is 0.0508. The molecule has 0 bridgehead atoms. The first-order valence-corrected chi connectivity index (χ1v) is 21.2. The Morgan fingerprint density at radius 1 is 0.300 bits per heavy atom. The normalized spacial score (nSPS) is 14.3. The first-order valence-electron chi connectivity index (χ1n) is 21.2. The minimum absolute atomic E-state index is 0.412. The highest BCUT2D eigenvalue weighted by atomic mass is 15.1. The van der Waals surface area contributed by atoms with Gasteiger partial charge in [0, 0.05) is 17.1 Å². The summed E-state index contributed by atoms with van der Waals surface area (Å²) in [4.78, 5) is 2.45. The quantitative estimate of drug-likeness (QED) is 0.169. The molecule has 0 atom stereocenters. The highest BCUT2D eigenvalue weighted by Crippen LogP contribution is 2.63. The standard InChI is InChI=1S/C59H39N/c1-2-13-38(14-3-1)39-25-29-42(30-26-39)60(43-31-27-40(28-32-43)45-20-12-21-47-52-35-41-15-4-5-16-46(41)54(52)37-53(45)47)44-33-34-51-50-19-8-11-24-57(50)59(58(51)36-44)55-22-9-6-17-48(55)49-18-7-10-23-56(49)59/h1-34,36H,35,37H2. The van der Waals surface area contributed by atoms with Crippen LogP contribution in [-0.4, -0.2) is 0 Å². The zero-order valence-corrected chi connectivity index (χ0v) is 33.1. The topological polar surface area (TPSA) is 3.24 Å². The van der Waals surface area contributed by atoms with E-state index in [2.05, 4.69) is 217 Å². The van der Waals surface area contributed by atoms with Gasteiger partial charge in [-0.05, 0) is 149 Å². The van der Waals surface area contributed by atoms with Crippen LogP contribution in [0.25, 0.3) is 55.7 Å². The Hall–Kier alpha value is -7.48. The Balaban J connectivity index is 0.960. The molecule has 0 aromatic heterocycles. The lowest BCUT2D eigenvalue weighted by Crippen LogP contribution is -2.26. The van der Waals surface area contributed by atoms with Gasteiger partial charge < -0.3 is 4.90 Å². The maximum atomic E-state index is 2.49. The monoisotopic (exact) mass is 761 g/mol. The highest BCUT2D eigenvalue weighted by Gasteiger charge is 2.51. The van der Waals surface area contributed by atoms with Gasteiger partial charge in [0.25, 0.3) is 0 Å². The van der Waals surface area contributed by atoms with E-state index < -0.39 is 5.41 Å². The van der Waals surface area contributed by atoms with Gasteiger partial charge >= 0.3 is 0 Å². The lowest BCUT2D eigenvalue weighted by atomic mass is 9.70. The number of fused-ring (bicyclic) bond motifs is 14. The molecule has 0 unspecified atom stereocenters. The Morgan fingerprint density at radius 2 is 0.767 bits per heavy atom. The maximum Gasteiger partial charge on any atom is 0.0726 e. The molecule has 1 heteroatoms. The summed E-state index contributed by atoms with van der Waals surface area (Å²) in [5, 5.41) is 0. The van der Waals surface area contributed by atoms with E-state index in [1.54, 1.807) is 0 Å². The largest absolute Gasteiger partial charge is 0.310 e. The highest BCUT2D eigenvalue weighted by molar-refractivity contribution is 6.04. The van der Waals surface area contributed by atoms with Crippen LogP contribution in [0, 0.1) is 0 Å². The molecule has 0 saturated carbocycles. The first kappa shape index (κ1) is 33.5. The van der Waals surface area contributed by atoms with Gasteiger partial charge in [0.05, 0.1) is 5.41 Å². The van der Waals surface area contributed by atoms with Crippen molar-refractivity contribution in [2.24, 2.45) is 0 Å². The van der Waals surface area contributed by atoms with Crippen molar-refractivity contribution in [3.63, 3.8) is 0 Å². The Bertz CT molecular complexity index is 3180. The molecule has 60 heavy (non-hydrogen) atoms. The minimum Gasteiger partial charge on any atom is -0.310 e. The van der Waals surface area contributed by atoms with Crippen molar-refractivity contribution in [2.45, 2.75) is 18.3 Å². The molecule has 0 fully saturated rings. The van der Waals surface area contributed by atoms with E-state index in [0.717, 1.165) is 29.9 Å². The average Bonchev–Trinajstić information content (AvgIpc) is 4.04. The third kappa shape index (κ3) is 4.63. The molecule has 0 heterocycles. The molecule has 1 spiro atoms. The van der Waals surface area contributed by atoms with Gasteiger partial charge in [-0.25, -0.2) is 0 Å². The SMILES string of the molecule is c1ccc(-c2ccc(N(c3ccc(-c4cccc5c4CC4=C5Cc5ccccc54)cc3)c3ccc4c(c3)C3(c5ccccc5-c5ccccc53)c3ccccc3-4)cc2)cc1. The number of hydrogen-bond acceptors (Lipinski definition) is 1. The second kappa shape index (κ2) is 12.8. The molecule has 0 amide bonds. The van der Waals surface area contributed by atoms with Crippen LogP contribution in [0.4, 0.5) is 17.1 Å². The second-order valence-corrected chi connectivity index (χ2v) is 16.7. The third-order valence-corrected chi connectivity index (χ3v) is 13.8. The van der Waals surface area contributed by atoms with Gasteiger partial charge in [0.1, 0.15) is 0 Å². The lowest BCUT2D eigenvalue weighted by molar-refractivity contribution is 0.793. The van der Waals surface area contributed by atoms with Crippen LogP contribution in [-0.2, 0) is 18.3 Å². The van der Waals surface area contributed by atoms with E-state index in [4.69, 9.17) is 0 Å². The summed E-state index contributed by atoms with van der Waals surface area (Å²) in [6, 6.07) is 79.3. The molecule has 9 aromatic carbocycles. The van der Waals surface area contributed by atoms with E-state index in [0.29, 0.717) is 0 Å². The second-order valence-electron chi connectivity index (χ2n) is 16.7. The fourth-order valence-corrected chi connectivity index (χ4v) is 11.3. The van der Waals surface area contributed by atoms with E-state index in [-0.39, 0.29) is 0 Å². The molecular formula is C59H39N. The van der Waals surface area contributed by atoms with Crippen molar-refractivity contribution in [2.75, 3.05) is 4.90 Å². The Labute approximate surface area is 351 Å². The summed E-state index contributed by atoms with van der Waals surface area (Å²) >= 11 is 0. The molecular weight excluding hydrogens is 723 g/mol. The van der Waals surface area contributed by atoms with Gasteiger partial charge in [0.2, 0.25) is 0 Å². The van der Waals surface area contributed by atoms with Crippen LogP contribution >= 0.6 is 0 Å². The molecule has 0 aliphatic heterocycles. The van der Waals surface area contributed by atoms with Crippen LogP contribution < -0.4 is 4.90 Å². The predicted molar refractivity (Wildman–Crippen MR) is 249 cm³/mol. The summed E-state index contributed by atoms with van der Waals surface area (Å²) in [5.74, 6) is 0. The van der Waals surface area contributed by atoms with Crippen molar-refractivity contribution in [1.82, 2.24) is 0 Å². The summed E-state index contributed by atoms with van der Waals surface area (Å²) in [5.41, 5.74) is 27.5. The summed E-state index contributed by atoms with van der Waals surface area (Å²) in [6.45, 7) is 0. The van der Waals surface area contributed by atoms with Gasteiger partial charge in [0.15, 0.2) is 0 Å². The van der Waals surface area contributed by atoms with Crippen molar-refractivity contribution < 1.29 is 0 Å². The Kier molecular flexibility index (Phi) is 7.12. The van der Waals surface area contributed by atoms with Gasteiger partial charge in [-0.15, -0.1) is 0 Å². The molecule has 13 rings (SSSR count). The van der Waals surface area contributed by atoms with Crippen LogP contribution in [0.5, 0.6) is 0 Å². The molecule has 280 valence electrons. The number of rotatable bonds is 5. The lowest BCUT2D eigenvalue weighted by Gasteiger charge is -2.32. The van der Waals surface area contributed by atoms with Gasteiger partial charge in [-0.3, -0.25) is 0 Å². The first-order chi connectivity index (χ1) is 29.8. The van der Waals surface area contributed by atoms with Crippen LogP contribution in [0.1, 0.15) is 44.5 Å². The molecule has 4 aliphatic rings. The molecule has 0 N–H and O–H groups in total. The van der Waals surface area contributed by atoms with Crippen LogP contribution in [0.15, 0.2) is 212 Å². The van der Waals surface area contributed by atoms with Crippen LogP contribution in [0.2, 0.25) is 0 Å². The summed E-state index contributed by atoms with van der Waals surface area (Å²) < 4.78 is 0. The molecule has 9 aromatic rings. The van der Waals surface area contributed by atoms with Gasteiger partial charge in [-0.1, -0.05) is 176 Å². The summed E-state index contributed by atoms with van der Waals surface area (Å²) in [6.07, 6.45) is 2.02. The zero-order chi connectivity index (χ0) is 39.4. The smallest absolute Gasteiger partial charge is 0.0726 e. The van der Waals surface area contributed by atoms with Crippen molar-refractivity contribution >= 4 is 28.2 Å². The van der Waals surface area contributed by atoms with Gasteiger partial charge in [-0.2, -0.15) is 0 Å². The molecule has 0 radical (unpaired) electrons. The fourth-order valence-electron chi connectivity index (χ4n) is 11.3. The summed E-state index contributed by atoms with van der Waals surface area (Å²) in [7, 11) is 0. The molecule has 1 nitrogen and oxygen atoms in total. The minimum atomic E-state index is -0.412. The van der Waals surface area contributed by atoms with Crippen molar-refractivity contribution in [3.05, 3.63) is 257 Å². The van der Waals surface area contributed by atoms with Crippen molar-refractivity contribution in [3.8, 4) is 44.5 Å². The number of anilines is 3. The average molecular weight is 762 g/mol. The third-order valence-electron chi connectivity index (χ3n) is 13.8. The van der Waals surface area contributed by atoms with Crippen molar-refractivity contribution in [1.29, 1.82) is 0 Å². The number of hydrogen-bond donors (Lipinski definition) is 0. The zero-order valence-electron chi connectivity index (χ0n) is 33.1. The van der Waals surface area contributed by atoms with Crippen LogP contribution in [0.3, 0.4) is 0 Å². The predicted octanol–water partition coefficient (Wildman–Crippen LogP) is 14.9. The molecule has 4 aliphatic carbocycles. The number of allylic oxidation sites excluding steroid dienone is 2. The number of nitrogens with zero attached hydrogens (tertiary/aromatic N) is 1. The van der Waals surface area contributed by atoms with E-state index in [1.807, 2.05) is 0 Å². The van der Waals surface area contributed by atoms with E-state index in [9.17, 15) is 0 Å². The van der Waals surface area contributed by atoms with E-state index in [1.165, 1.54) is 100 Å². The Morgan fingerprint density at radius 3 is 1.42 bits per heavy atom.